The Hall–Kier alpha value is -2.03. The quantitative estimate of drug-likeness (QED) is 0.821. The van der Waals surface area contributed by atoms with E-state index in [0.29, 0.717) is 23.6 Å². The van der Waals surface area contributed by atoms with Crippen molar-refractivity contribution in [2.45, 2.75) is 6.92 Å². The van der Waals surface area contributed by atoms with Crippen molar-refractivity contribution >= 4 is 5.69 Å². The van der Waals surface area contributed by atoms with Crippen LogP contribution in [0.5, 0.6) is 5.75 Å². The van der Waals surface area contributed by atoms with Crippen LogP contribution in [0.25, 0.3) is 11.1 Å². The number of benzene rings is 2. The highest BCUT2D eigenvalue weighted by Gasteiger charge is 2.06. The maximum Gasteiger partial charge on any atom is 0.142 e. The molecule has 0 saturated heterocycles. The summed E-state index contributed by atoms with van der Waals surface area (Å²) in [7, 11) is 0. The van der Waals surface area contributed by atoms with E-state index in [9.17, 15) is 4.39 Å². The molecular formula is C14H14FNO. The summed E-state index contributed by atoms with van der Waals surface area (Å²) in [6.45, 7) is 2.45. The third-order valence-electron chi connectivity index (χ3n) is 2.49. The van der Waals surface area contributed by atoms with E-state index in [1.807, 2.05) is 6.92 Å². The van der Waals surface area contributed by atoms with Crippen molar-refractivity contribution in [3.05, 3.63) is 48.3 Å². The zero-order valence-corrected chi connectivity index (χ0v) is 9.61. The maximum absolute atomic E-state index is 13.6. The molecule has 0 saturated carbocycles. The molecule has 0 heterocycles. The molecule has 0 aliphatic heterocycles. The zero-order chi connectivity index (χ0) is 12.3. The molecule has 0 aromatic heterocycles. The first-order valence-electron chi connectivity index (χ1n) is 5.49. The van der Waals surface area contributed by atoms with Crippen LogP contribution in [0.4, 0.5) is 10.1 Å². The normalized spacial score (nSPS) is 10.2. The van der Waals surface area contributed by atoms with Gasteiger partial charge in [0.05, 0.1) is 12.3 Å². The van der Waals surface area contributed by atoms with Gasteiger partial charge in [-0.15, -0.1) is 0 Å². The van der Waals surface area contributed by atoms with Crippen LogP contribution in [0.15, 0.2) is 42.5 Å². The molecule has 2 aromatic rings. The van der Waals surface area contributed by atoms with Gasteiger partial charge in [-0.1, -0.05) is 24.3 Å². The van der Waals surface area contributed by atoms with E-state index in [1.54, 1.807) is 36.4 Å². The molecule has 88 valence electrons. The summed E-state index contributed by atoms with van der Waals surface area (Å²) in [5.41, 5.74) is 7.67. The Balaban J connectivity index is 2.41. The second kappa shape index (κ2) is 4.87. The molecule has 0 spiro atoms. The van der Waals surface area contributed by atoms with Gasteiger partial charge in [0.25, 0.3) is 0 Å². The molecule has 17 heavy (non-hydrogen) atoms. The van der Waals surface area contributed by atoms with Gasteiger partial charge in [-0.2, -0.15) is 0 Å². The minimum Gasteiger partial charge on any atom is -0.492 e. The van der Waals surface area contributed by atoms with E-state index < -0.39 is 0 Å². The van der Waals surface area contributed by atoms with Gasteiger partial charge in [0.2, 0.25) is 0 Å². The molecule has 3 heteroatoms. The zero-order valence-electron chi connectivity index (χ0n) is 9.61. The van der Waals surface area contributed by atoms with Crippen molar-refractivity contribution in [2.75, 3.05) is 12.3 Å². The largest absolute Gasteiger partial charge is 0.492 e. The molecule has 2 rings (SSSR count). The van der Waals surface area contributed by atoms with Crippen LogP contribution in [0.2, 0.25) is 0 Å². The fourth-order valence-electron chi connectivity index (χ4n) is 1.70. The second-order valence-corrected chi connectivity index (χ2v) is 3.67. The summed E-state index contributed by atoms with van der Waals surface area (Å²) in [6, 6.07) is 11.9. The molecule has 0 unspecified atom stereocenters. The topological polar surface area (TPSA) is 35.2 Å². The number of halogens is 1. The van der Waals surface area contributed by atoms with Gasteiger partial charge in [0.1, 0.15) is 11.6 Å². The molecule has 0 fully saturated rings. The lowest BCUT2D eigenvalue weighted by Gasteiger charge is -2.09. The monoisotopic (exact) mass is 231 g/mol. The summed E-state index contributed by atoms with van der Waals surface area (Å²) >= 11 is 0. The van der Waals surface area contributed by atoms with Crippen molar-refractivity contribution < 1.29 is 9.13 Å². The van der Waals surface area contributed by atoms with E-state index in [1.165, 1.54) is 6.07 Å². The molecule has 0 aliphatic rings. The molecule has 0 aliphatic carbocycles. The highest BCUT2D eigenvalue weighted by Crippen LogP contribution is 2.29. The van der Waals surface area contributed by atoms with Crippen LogP contribution in [0.1, 0.15) is 6.92 Å². The van der Waals surface area contributed by atoms with E-state index in [4.69, 9.17) is 10.5 Å². The number of hydrogen-bond donors (Lipinski definition) is 1. The first kappa shape index (κ1) is 11.5. The smallest absolute Gasteiger partial charge is 0.142 e. The summed E-state index contributed by atoms with van der Waals surface area (Å²) < 4.78 is 18.9. The number of hydrogen-bond acceptors (Lipinski definition) is 2. The van der Waals surface area contributed by atoms with E-state index in [-0.39, 0.29) is 5.82 Å². The van der Waals surface area contributed by atoms with Crippen molar-refractivity contribution in [1.82, 2.24) is 0 Å². The first-order chi connectivity index (χ1) is 8.22. The predicted molar refractivity (Wildman–Crippen MR) is 67.4 cm³/mol. The van der Waals surface area contributed by atoms with E-state index in [2.05, 4.69) is 0 Å². The Bertz CT molecular complexity index is 525. The highest BCUT2D eigenvalue weighted by molar-refractivity contribution is 5.71. The first-order valence-corrected chi connectivity index (χ1v) is 5.49. The molecular weight excluding hydrogens is 217 g/mol. The summed E-state index contributed by atoms with van der Waals surface area (Å²) in [4.78, 5) is 0. The van der Waals surface area contributed by atoms with Gasteiger partial charge in [0, 0.05) is 5.56 Å². The van der Waals surface area contributed by atoms with Gasteiger partial charge in [-0.3, -0.25) is 0 Å². The van der Waals surface area contributed by atoms with Gasteiger partial charge in [0.15, 0.2) is 0 Å². The lowest BCUT2D eigenvalue weighted by molar-refractivity contribution is 0.342. The summed E-state index contributed by atoms with van der Waals surface area (Å²) in [5, 5.41) is 0. The van der Waals surface area contributed by atoms with Crippen LogP contribution in [0, 0.1) is 5.82 Å². The number of ether oxygens (including phenoxy) is 1. The van der Waals surface area contributed by atoms with E-state index in [0.717, 1.165) is 5.56 Å². The van der Waals surface area contributed by atoms with Crippen LogP contribution in [-0.2, 0) is 0 Å². The lowest BCUT2D eigenvalue weighted by atomic mass is 10.0. The molecule has 0 bridgehead atoms. The Labute approximate surface area is 99.8 Å². The van der Waals surface area contributed by atoms with Crippen LogP contribution < -0.4 is 10.5 Å². The third kappa shape index (κ3) is 2.38. The number of nitrogen functional groups attached to an aromatic ring is 1. The number of nitrogens with two attached hydrogens (primary N) is 1. The fraction of sp³-hybridized carbons (Fsp3) is 0.143. The summed E-state index contributed by atoms with van der Waals surface area (Å²) in [5.74, 6) is 0.378. The van der Waals surface area contributed by atoms with Gasteiger partial charge in [-0.25, -0.2) is 4.39 Å². The number of anilines is 1. The Morgan fingerprint density at radius 2 is 1.94 bits per heavy atom. The average Bonchev–Trinajstić information content (AvgIpc) is 2.33. The minimum absolute atomic E-state index is 0.254. The lowest BCUT2D eigenvalue weighted by Crippen LogP contribution is -1.97. The highest BCUT2D eigenvalue weighted by atomic mass is 19.1. The Morgan fingerprint density at radius 1 is 1.18 bits per heavy atom. The van der Waals surface area contributed by atoms with Crippen molar-refractivity contribution in [2.24, 2.45) is 0 Å². The number of rotatable bonds is 3. The van der Waals surface area contributed by atoms with Crippen molar-refractivity contribution in [1.29, 1.82) is 0 Å². The molecule has 0 amide bonds. The molecule has 2 aromatic carbocycles. The van der Waals surface area contributed by atoms with Crippen molar-refractivity contribution in [3.63, 3.8) is 0 Å². The standard InChI is InChI=1S/C14H14FNO/c1-2-17-14-8-7-10(9-13(14)16)11-5-3-4-6-12(11)15/h3-9H,2,16H2,1H3. The molecule has 0 radical (unpaired) electrons. The van der Waals surface area contributed by atoms with E-state index >= 15 is 0 Å². The predicted octanol–water partition coefficient (Wildman–Crippen LogP) is 3.47. The summed E-state index contributed by atoms with van der Waals surface area (Å²) in [6.07, 6.45) is 0. The van der Waals surface area contributed by atoms with Crippen LogP contribution in [-0.4, -0.2) is 6.61 Å². The van der Waals surface area contributed by atoms with Crippen LogP contribution in [0.3, 0.4) is 0 Å². The molecule has 2 nitrogen and oxygen atoms in total. The Morgan fingerprint density at radius 3 is 2.59 bits per heavy atom. The third-order valence-corrected chi connectivity index (χ3v) is 2.49. The van der Waals surface area contributed by atoms with Gasteiger partial charge in [-0.05, 0) is 30.7 Å². The van der Waals surface area contributed by atoms with Crippen molar-refractivity contribution in [3.8, 4) is 16.9 Å². The fourth-order valence-corrected chi connectivity index (χ4v) is 1.70. The Kier molecular flexibility index (Phi) is 3.28. The SMILES string of the molecule is CCOc1ccc(-c2ccccc2F)cc1N. The average molecular weight is 231 g/mol. The molecule has 0 atom stereocenters. The minimum atomic E-state index is -0.254. The second-order valence-electron chi connectivity index (χ2n) is 3.67. The maximum atomic E-state index is 13.6. The molecule has 2 N–H and O–H groups in total. The van der Waals surface area contributed by atoms with Gasteiger partial charge >= 0.3 is 0 Å². The van der Waals surface area contributed by atoms with Gasteiger partial charge < -0.3 is 10.5 Å². The van der Waals surface area contributed by atoms with Crippen LogP contribution >= 0.6 is 0 Å².